The lowest BCUT2D eigenvalue weighted by Crippen LogP contribution is -2.31. The fourth-order valence-corrected chi connectivity index (χ4v) is 2.92. The largest absolute Gasteiger partial charge is 0.512 e. The van der Waals surface area contributed by atoms with Gasteiger partial charge in [-0.15, -0.1) is 0 Å². The molecule has 4 N–H and O–H groups in total. The van der Waals surface area contributed by atoms with Crippen molar-refractivity contribution in [2.24, 2.45) is 0 Å². The van der Waals surface area contributed by atoms with Gasteiger partial charge < -0.3 is 30.0 Å². The Balaban J connectivity index is 1.72. The Morgan fingerprint density at radius 3 is 3.12 bits per heavy atom. The van der Waals surface area contributed by atoms with Gasteiger partial charge in [-0.25, -0.2) is 0 Å². The first kappa shape index (κ1) is 17.2. The van der Waals surface area contributed by atoms with Gasteiger partial charge in [-0.05, 0) is 30.2 Å². The monoisotopic (exact) mass is 346 g/mol. The number of ether oxygens (including phenoxy) is 2. The third-order valence-corrected chi connectivity index (χ3v) is 4.10. The number of aromatic amines is 1. The number of fused-ring (bicyclic) bond motifs is 1. The van der Waals surface area contributed by atoms with Gasteiger partial charge in [-0.2, -0.15) is 0 Å². The molecule has 0 aliphatic carbocycles. The number of rotatable bonds is 5. The lowest BCUT2D eigenvalue weighted by Gasteiger charge is -2.28. The van der Waals surface area contributed by atoms with Crippen LogP contribution in [0.15, 0.2) is 36.4 Å². The Morgan fingerprint density at radius 2 is 2.36 bits per heavy atom. The van der Waals surface area contributed by atoms with E-state index in [4.69, 9.17) is 14.6 Å². The molecule has 2 aromatic rings. The molecule has 7 nitrogen and oxygen atoms in total. The van der Waals surface area contributed by atoms with Crippen molar-refractivity contribution in [2.75, 3.05) is 6.54 Å². The van der Waals surface area contributed by atoms with Crippen LogP contribution in [0.4, 0.5) is 0 Å². The molecule has 0 bridgehead atoms. The van der Waals surface area contributed by atoms with Gasteiger partial charge in [-0.1, -0.05) is 0 Å². The maximum atomic E-state index is 11.0. The standard InChI is InChI=1S/C18H22N2O5/c1-11(22)19-5-4-12-9-20-17-3-2-14(8-16(12)17)24-18-7-13(23)6-15(10-21)25-18/h2-3,8-10,13,18,20-21,23H,4-7H2,1H3,(H,19,22)/b15-10+. The predicted molar refractivity (Wildman–Crippen MR) is 92.1 cm³/mol. The van der Waals surface area contributed by atoms with Crippen molar-refractivity contribution in [3.05, 3.63) is 42.0 Å². The van der Waals surface area contributed by atoms with Crippen LogP contribution >= 0.6 is 0 Å². The lowest BCUT2D eigenvalue weighted by atomic mass is 10.1. The Bertz CT molecular complexity index is 783. The first-order valence-corrected chi connectivity index (χ1v) is 8.24. The van der Waals surface area contributed by atoms with Crippen LogP contribution in [0.1, 0.15) is 25.3 Å². The SMILES string of the molecule is CC(=O)NCCc1c[nH]c2ccc(OC3CC(O)C/C(=C\O)O3)cc12. The number of aromatic nitrogens is 1. The topological polar surface area (TPSA) is 104 Å². The Hall–Kier alpha value is -2.67. The summed E-state index contributed by atoms with van der Waals surface area (Å²) in [5.41, 5.74) is 2.06. The molecule has 3 rings (SSSR count). The van der Waals surface area contributed by atoms with Crippen molar-refractivity contribution >= 4 is 16.8 Å². The summed E-state index contributed by atoms with van der Waals surface area (Å²) >= 11 is 0. The summed E-state index contributed by atoms with van der Waals surface area (Å²) in [5, 5.41) is 22.7. The molecule has 2 heterocycles. The van der Waals surface area contributed by atoms with Gasteiger partial charge in [0, 0.05) is 43.4 Å². The van der Waals surface area contributed by atoms with Crippen LogP contribution in [0.5, 0.6) is 5.75 Å². The van der Waals surface area contributed by atoms with Crippen LogP contribution in [0, 0.1) is 0 Å². The van der Waals surface area contributed by atoms with Crippen LogP contribution < -0.4 is 10.1 Å². The molecule has 134 valence electrons. The minimum absolute atomic E-state index is 0.0513. The minimum atomic E-state index is -0.652. The molecule has 0 radical (unpaired) electrons. The first-order valence-electron chi connectivity index (χ1n) is 8.24. The molecule has 1 fully saturated rings. The van der Waals surface area contributed by atoms with Crippen molar-refractivity contribution in [3.63, 3.8) is 0 Å². The van der Waals surface area contributed by atoms with E-state index in [9.17, 15) is 9.90 Å². The molecule has 2 atom stereocenters. The van der Waals surface area contributed by atoms with Gasteiger partial charge in [0.15, 0.2) is 0 Å². The fourth-order valence-electron chi connectivity index (χ4n) is 2.92. The lowest BCUT2D eigenvalue weighted by molar-refractivity contribution is -0.118. The van der Waals surface area contributed by atoms with E-state index in [2.05, 4.69) is 10.3 Å². The highest BCUT2D eigenvalue weighted by Crippen LogP contribution is 2.28. The maximum absolute atomic E-state index is 11.0. The number of nitrogens with one attached hydrogen (secondary N) is 2. The van der Waals surface area contributed by atoms with Crippen molar-refractivity contribution < 1.29 is 24.5 Å². The third-order valence-electron chi connectivity index (χ3n) is 4.10. The Kier molecular flexibility index (Phi) is 5.14. The second kappa shape index (κ2) is 7.48. The third kappa shape index (κ3) is 4.24. The van der Waals surface area contributed by atoms with Crippen molar-refractivity contribution in [3.8, 4) is 5.75 Å². The summed E-state index contributed by atoms with van der Waals surface area (Å²) in [6.07, 6.45) is 2.83. The molecule has 2 unspecified atom stereocenters. The van der Waals surface area contributed by atoms with E-state index in [-0.39, 0.29) is 12.3 Å². The first-order chi connectivity index (χ1) is 12.0. The van der Waals surface area contributed by atoms with E-state index in [1.165, 1.54) is 6.92 Å². The average Bonchev–Trinajstić information content (AvgIpc) is 2.96. The summed E-state index contributed by atoms with van der Waals surface area (Å²) in [7, 11) is 0. The molecule has 0 spiro atoms. The van der Waals surface area contributed by atoms with Crippen LogP contribution in [0.2, 0.25) is 0 Å². The number of aliphatic hydroxyl groups is 2. The molecule has 1 aliphatic heterocycles. The molecular formula is C18H22N2O5. The van der Waals surface area contributed by atoms with Crippen LogP contribution in [-0.4, -0.2) is 40.0 Å². The Morgan fingerprint density at radius 1 is 1.52 bits per heavy atom. The number of hydrogen-bond donors (Lipinski definition) is 4. The second-order valence-corrected chi connectivity index (χ2v) is 6.11. The zero-order valence-electron chi connectivity index (χ0n) is 14.0. The van der Waals surface area contributed by atoms with Crippen molar-refractivity contribution in [1.82, 2.24) is 10.3 Å². The summed E-state index contributed by atoms with van der Waals surface area (Å²) in [6, 6.07) is 5.64. The molecule has 1 amide bonds. The van der Waals surface area contributed by atoms with E-state index < -0.39 is 12.4 Å². The maximum Gasteiger partial charge on any atom is 0.243 e. The van der Waals surface area contributed by atoms with Crippen LogP contribution in [0.3, 0.4) is 0 Å². The Labute approximate surface area is 145 Å². The van der Waals surface area contributed by atoms with E-state index >= 15 is 0 Å². The van der Waals surface area contributed by atoms with Gasteiger partial charge in [-0.3, -0.25) is 4.79 Å². The van der Waals surface area contributed by atoms with Gasteiger partial charge in [0.2, 0.25) is 12.2 Å². The number of aliphatic hydroxyl groups excluding tert-OH is 2. The molecular weight excluding hydrogens is 324 g/mol. The quantitative estimate of drug-likeness (QED) is 0.621. The average molecular weight is 346 g/mol. The summed E-state index contributed by atoms with van der Waals surface area (Å²) < 4.78 is 11.3. The van der Waals surface area contributed by atoms with E-state index in [0.717, 1.165) is 22.7 Å². The minimum Gasteiger partial charge on any atom is -0.512 e. The van der Waals surface area contributed by atoms with Gasteiger partial charge >= 0.3 is 0 Å². The number of benzene rings is 1. The summed E-state index contributed by atoms with van der Waals surface area (Å²) in [4.78, 5) is 14.2. The molecule has 1 aliphatic rings. The zero-order valence-corrected chi connectivity index (χ0v) is 14.0. The molecule has 1 aromatic carbocycles. The highest BCUT2D eigenvalue weighted by Gasteiger charge is 2.26. The van der Waals surface area contributed by atoms with Crippen molar-refractivity contribution in [2.45, 2.75) is 38.6 Å². The van der Waals surface area contributed by atoms with Gasteiger partial charge in [0.25, 0.3) is 0 Å². The summed E-state index contributed by atoms with van der Waals surface area (Å²) in [6.45, 7) is 2.06. The fraction of sp³-hybridized carbons (Fsp3) is 0.389. The van der Waals surface area contributed by atoms with E-state index in [1.807, 2.05) is 24.4 Å². The van der Waals surface area contributed by atoms with Crippen LogP contribution in [-0.2, 0) is 16.0 Å². The van der Waals surface area contributed by atoms with E-state index in [0.29, 0.717) is 30.9 Å². The number of carbonyl (C=O) groups is 1. The smallest absolute Gasteiger partial charge is 0.243 e. The van der Waals surface area contributed by atoms with Gasteiger partial charge in [0.05, 0.1) is 6.10 Å². The van der Waals surface area contributed by atoms with Crippen LogP contribution in [0.25, 0.3) is 10.9 Å². The number of amides is 1. The molecule has 1 aromatic heterocycles. The second-order valence-electron chi connectivity index (χ2n) is 6.11. The predicted octanol–water partition coefficient (Wildman–Crippen LogP) is 2.12. The van der Waals surface area contributed by atoms with Gasteiger partial charge in [0.1, 0.15) is 17.8 Å². The number of carbonyl (C=O) groups excluding carboxylic acids is 1. The highest BCUT2D eigenvalue weighted by molar-refractivity contribution is 5.84. The zero-order chi connectivity index (χ0) is 17.8. The normalized spacial score (nSPS) is 21.9. The summed E-state index contributed by atoms with van der Waals surface area (Å²) in [5.74, 6) is 0.872. The molecule has 7 heteroatoms. The van der Waals surface area contributed by atoms with E-state index in [1.54, 1.807) is 0 Å². The number of hydrogen-bond acceptors (Lipinski definition) is 5. The molecule has 0 saturated carbocycles. The molecule has 25 heavy (non-hydrogen) atoms. The number of H-pyrrole nitrogens is 1. The van der Waals surface area contributed by atoms with Crippen molar-refractivity contribution in [1.29, 1.82) is 0 Å². The molecule has 1 saturated heterocycles. The highest BCUT2D eigenvalue weighted by atomic mass is 16.7.